The maximum Gasteiger partial charge on any atom is 0.342 e. The third-order valence-corrected chi connectivity index (χ3v) is 3.42. The Hall–Kier alpha value is -3.59. The van der Waals surface area contributed by atoms with Crippen molar-refractivity contribution in [3.63, 3.8) is 0 Å². The lowest BCUT2D eigenvalue weighted by atomic mass is 10.0. The number of hydroxylamine groups is 1. The smallest absolute Gasteiger partial charge is 0.342 e. The molecule has 0 unspecified atom stereocenters. The molecule has 1 aromatic heterocycles. The molecule has 0 aliphatic rings. The number of rotatable bonds is 10. The van der Waals surface area contributed by atoms with Crippen molar-refractivity contribution in [2.75, 3.05) is 27.9 Å². The monoisotopic (exact) mass is 387 g/mol. The van der Waals surface area contributed by atoms with Crippen LogP contribution in [-0.2, 0) is 9.57 Å². The van der Waals surface area contributed by atoms with Gasteiger partial charge in [-0.3, -0.25) is 10.3 Å². The Morgan fingerprint density at radius 2 is 1.86 bits per heavy atom. The molecule has 0 saturated heterocycles. The summed E-state index contributed by atoms with van der Waals surface area (Å²) in [5.74, 6) is 0.00140. The molecular formula is C19H21N3O6. The van der Waals surface area contributed by atoms with Gasteiger partial charge < -0.3 is 18.9 Å². The zero-order valence-corrected chi connectivity index (χ0v) is 15.9. The van der Waals surface area contributed by atoms with E-state index in [0.29, 0.717) is 11.3 Å². The number of hydrogen-bond donors (Lipinski definition) is 1. The van der Waals surface area contributed by atoms with Crippen molar-refractivity contribution < 1.29 is 28.6 Å². The van der Waals surface area contributed by atoms with Gasteiger partial charge >= 0.3 is 12.0 Å². The van der Waals surface area contributed by atoms with Gasteiger partial charge in [0.2, 0.25) is 11.8 Å². The molecule has 0 radical (unpaired) electrons. The number of esters is 1. The number of carbonyl (C=O) groups is 1. The molecule has 1 N–H and O–H groups in total. The first-order valence-electron chi connectivity index (χ1n) is 8.08. The second-order valence-corrected chi connectivity index (χ2v) is 5.19. The van der Waals surface area contributed by atoms with E-state index in [1.807, 2.05) is 0 Å². The Morgan fingerprint density at radius 3 is 2.43 bits per heavy atom. The van der Waals surface area contributed by atoms with Crippen LogP contribution in [0.4, 0.5) is 0 Å². The fourth-order valence-corrected chi connectivity index (χ4v) is 2.16. The van der Waals surface area contributed by atoms with Crippen LogP contribution in [0.5, 0.6) is 23.5 Å². The molecule has 0 amide bonds. The number of nitrogens with one attached hydrogen (secondary N) is 1. The molecule has 148 valence electrons. The van der Waals surface area contributed by atoms with Crippen LogP contribution in [0.25, 0.3) is 5.70 Å². The van der Waals surface area contributed by atoms with Crippen LogP contribution in [-0.4, -0.2) is 43.9 Å². The molecule has 0 fully saturated rings. The number of methoxy groups -OCH3 is 3. The van der Waals surface area contributed by atoms with Crippen molar-refractivity contribution in [1.29, 1.82) is 0 Å². The average molecular weight is 387 g/mol. The normalized spacial score (nSPS) is 9.96. The molecular weight excluding hydrogens is 366 g/mol. The molecule has 1 heterocycles. The minimum absolute atomic E-state index is 0.0695. The molecule has 0 atom stereocenters. The minimum Gasteiger partial charge on any atom is -0.481 e. The highest BCUT2D eigenvalue weighted by Gasteiger charge is 2.22. The van der Waals surface area contributed by atoms with Crippen molar-refractivity contribution in [3.8, 4) is 23.5 Å². The molecule has 0 aliphatic carbocycles. The van der Waals surface area contributed by atoms with E-state index in [0.717, 1.165) is 0 Å². The Labute approximate surface area is 162 Å². The number of nitrogens with zero attached hydrogens (tertiary/aromatic N) is 2. The summed E-state index contributed by atoms with van der Waals surface area (Å²) >= 11 is 0. The quantitative estimate of drug-likeness (QED) is 0.285. The molecule has 9 nitrogen and oxygen atoms in total. The fraction of sp³-hybridized carbons (Fsp3) is 0.211. The second-order valence-electron chi connectivity index (χ2n) is 5.19. The summed E-state index contributed by atoms with van der Waals surface area (Å²) in [4.78, 5) is 25.8. The topological polar surface area (TPSA) is 101 Å². The van der Waals surface area contributed by atoms with Crippen molar-refractivity contribution in [2.45, 2.75) is 0 Å². The summed E-state index contributed by atoms with van der Waals surface area (Å²) in [6.45, 7) is 7.68. The van der Waals surface area contributed by atoms with E-state index in [4.69, 9.17) is 23.8 Å². The Morgan fingerprint density at radius 1 is 1.18 bits per heavy atom. The number of carbonyl (C=O) groups excluding carboxylic acids is 1. The second kappa shape index (κ2) is 9.93. The highest BCUT2D eigenvalue weighted by molar-refractivity contribution is 5.98. The van der Waals surface area contributed by atoms with Crippen molar-refractivity contribution in [2.24, 2.45) is 0 Å². The van der Waals surface area contributed by atoms with Crippen molar-refractivity contribution in [3.05, 3.63) is 54.6 Å². The zero-order valence-electron chi connectivity index (χ0n) is 15.9. The third kappa shape index (κ3) is 4.98. The minimum atomic E-state index is -0.632. The zero-order chi connectivity index (χ0) is 20.5. The first-order valence-corrected chi connectivity index (χ1v) is 8.08. The summed E-state index contributed by atoms with van der Waals surface area (Å²) in [7, 11) is 4.16. The Bertz CT molecular complexity index is 846. The summed E-state index contributed by atoms with van der Waals surface area (Å²) in [5.41, 5.74) is 3.52. The number of ether oxygens (including phenoxy) is 4. The van der Waals surface area contributed by atoms with Gasteiger partial charge in [0.15, 0.2) is 0 Å². The van der Waals surface area contributed by atoms with E-state index >= 15 is 0 Å². The molecule has 0 aliphatic heterocycles. The van der Waals surface area contributed by atoms with Crippen LogP contribution in [0.2, 0.25) is 0 Å². The number of aromatic nitrogens is 2. The van der Waals surface area contributed by atoms with Gasteiger partial charge in [0.1, 0.15) is 11.3 Å². The third-order valence-electron chi connectivity index (χ3n) is 3.42. The van der Waals surface area contributed by atoms with Gasteiger partial charge in [0.25, 0.3) is 0 Å². The summed E-state index contributed by atoms with van der Waals surface area (Å²) in [5, 5.41) is 0. The van der Waals surface area contributed by atoms with Crippen molar-refractivity contribution >= 4 is 11.7 Å². The lowest BCUT2D eigenvalue weighted by molar-refractivity contribution is 0.0596. The largest absolute Gasteiger partial charge is 0.481 e. The molecule has 9 heteroatoms. The summed E-state index contributed by atoms with van der Waals surface area (Å²) in [6.07, 6.45) is 1.56. The van der Waals surface area contributed by atoms with Crippen molar-refractivity contribution in [1.82, 2.24) is 15.4 Å². The van der Waals surface area contributed by atoms with Gasteiger partial charge in [0, 0.05) is 5.56 Å². The van der Waals surface area contributed by atoms with E-state index in [2.05, 4.69) is 28.6 Å². The highest BCUT2D eigenvalue weighted by atomic mass is 16.6. The van der Waals surface area contributed by atoms with Crippen LogP contribution in [0.15, 0.2) is 43.5 Å². The Balaban J connectivity index is 2.44. The SMILES string of the molecule is C=CCONC(=C)c1cccc(Oc2nc(OC)cc(OC)n2)c1C(=O)OC. The van der Waals surface area contributed by atoms with E-state index in [-0.39, 0.29) is 35.7 Å². The van der Waals surface area contributed by atoms with Crippen LogP contribution in [0.3, 0.4) is 0 Å². The van der Waals surface area contributed by atoms with Gasteiger partial charge in [-0.25, -0.2) is 4.79 Å². The van der Waals surface area contributed by atoms with E-state index in [1.54, 1.807) is 24.3 Å². The van der Waals surface area contributed by atoms with Crippen LogP contribution in [0.1, 0.15) is 15.9 Å². The van der Waals surface area contributed by atoms with E-state index < -0.39 is 5.97 Å². The molecule has 28 heavy (non-hydrogen) atoms. The standard InChI is InChI=1S/C19H21N3O6/c1-6-10-27-22-12(2)13-8-7-9-14(17(13)18(23)26-5)28-19-20-15(24-3)11-16(21-19)25-4/h6-9,11,22H,1-2,10H2,3-5H3. The lowest BCUT2D eigenvalue weighted by Crippen LogP contribution is -2.16. The average Bonchev–Trinajstić information content (AvgIpc) is 2.72. The molecule has 2 rings (SSSR count). The van der Waals surface area contributed by atoms with Gasteiger partial charge in [-0.1, -0.05) is 24.8 Å². The molecule has 0 spiro atoms. The van der Waals surface area contributed by atoms with E-state index in [9.17, 15) is 4.79 Å². The predicted octanol–water partition coefficient (Wildman–Crippen LogP) is 2.75. The van der Waals surface area contributed by atoms with Crippen LogP contribution >= 0.6 is 0 Å². The first kappa shape index (κ1) is 20.7. The number of benzene rings is 1. The predicted molar refractivity (Wildman–Crippen MR) is 101 cm³/mol. The highest BCUT2D eigenvalue weighted by Crippen LogP contribution is 2.31. The van der Waals surface area contributed by atoms with E-state index in [1.165, 1.54) is 27.4 Å². The fourth-order valence-electron chi connectivity index (χ4n) is 2.16. The molecule has 2 aromatic rings. The number of hydrogen-bond acceptors (Lipinski definition) is 9. The maximum absolute atomic E-state index is 12.4. The van der Waals surface area contributed by atoms with Gasteiger partial charge in [-0.05, 0) is 6.07 Å². The van der Waals surface area contributed by atoms with Crippen LogP contribution in [0, 0.1) is 0 Å². The lowest BCUT2D eigenvalue weighted by Gasteiger charge is -2.15. The van der Waals surface area contributed by atoms with Gasteiger partial charge in [-0.2, -0.15) is 9.97 Å². The molecule has 0 bridgehead atoms. The Kier molecular flexibility index (Phi) is 7.35. The maximum atomic E-state index is 12.4. The van der Waals surface area contributed by atoms with Gasteiger partial charge in [-0.15, -0.1) is 6.58 Å². The summed E-state index contributed by atoms with van der Waals surface area (Å²) < 4.78 is 20.8. The molecule has 1 aromatic carbocycles. The van der Waals surface area contributed by atoms with Crippen LogP contribution < -0.4 is 19.7 Å². The summed E-state index contributed by atoms with van der Waals surface area (Å²) in [6, 6.07) is 6.34. The molecule has 0 saturated carbocycles. The van der Waals surface area contributed by atoms with Gasteiger partial charge in [0.05, 0.1) is 39.7 Å². The first-order chi connectivity index (χ1) is 13.5.